The van der Waals surface area contributed by atoms with Crippen molar-refractivity contribution in [2.75, 3.05) is 6.61 Å². The summed E-state index contributed by atoms with van der Waals surface area (Å²) in [6.45, 7) is 2.19. The molecule has 1 aliphatic rings. The second-order valence-electron chi connectivity index (χ2n) is 7.89. The zero-order valence-electron chi connectivity index (χ0n) is 16.5. The smallest absolute Gasteiger partial charge is 0.312 e. The van der Waals surface area contributed by atoms with Crippen LogP contribution in [0.5, 0.6) is 0 Å². The van der Waals surface area contributed by atoms with Crippen LogP contribution in [0.2, 0.25) is 0 Å². The Bertz CT molecular complexity index is 347. The van der Waals surface area contributed by atoms with Crippen molar-refractivity contribution in [3.8, 4) is 0 Å². The Morgan fingerprint density at radius 2 is 1.24 bits per heavy atom. The van der Waals surface area contributed by atoms with Gasteiger partial charge in [0.25, 0.3) is 0 Å². The van der Waals surface area contributed by atoms with E-state index in [9.17, 15) is 9.59 Å². The molecule has 0 aromatic carbocycles. The second kappa shape index (κ2) is 14.3. The lowest BCUT2D eigenvalue weighted by molar-refractivity contribution is -0.152. The largest absolute Gasteiger partial charge is 0.458 e. The van der Waals surface area contributed by atoms with Crippen LogP contribution in [-0.2, 0) is 14.3 Å². The Kier molecular flexibility index (Phi) is 12.7. The molecule has 3 nitrogen and oxygen atoms in total. The van der Waals surface area contributed by atoms with Gasteiger partial charge in [-0.3, -0.25) is 9.59 Å². The molecule has 0 spiro atoms. The summed E-state index contributed by atoms with van der Waals surface area (Å²) in [6.07, 6.45) is 22.5. The average molecular weight is 353 g/mol. The summed E-state index contributed by atoms with van der Waals surface area (Å²) in [5, 5.41) is 0. The summed E-state index contributed by atoms with van der Waals surface area (Å²) in [4.78, 5) is 22.1. The maximum Gasteiger partial charge on any atom is 0.312 e. The standard InChI is InChI=1S/C22H40O3/c1-2-3-4-5-6-7-8-9-10-11-12-13-14-15-16-22(17-18-22)21(24)25-20-19-23/h19H,2-18,20H2,1H3. The highest BCUT2D eigenvalue weighted by molar-refractivity contribution is 5.80. The number of hydrogen-bond acceptors (Lipinski definition) is 3. The van der Waals surface area contributed by atoms with Gasteiger partial charge in [0, 0.05) is 0 Å². The van der Waals surface area contributed by atoms with Crippen LogP contribution in [0.1, 0.15) is 116 Å². The van der Waals surface area contributed by atoms with Crippen molar-refractivity contribution in [1.29, 1.82) is 0 Å². The van der Waals surface area contributed by atoms with Gasteiger partial charge in [0.05, 0.1) is 5.41 Å². The molecule has 0 N–H and O–H groups in total. The molecule has 3 heteroatoms. The maximum atomic E-state index is 11.9. The van der Waals surface area contributed by atoms with Gasteiger partial charge in [-0.05, 0) is 19.3 Å². The van der Waals surface area contributed by atoms with E-state index < -0.39 is 0 Å². The highest BCUT2D eigenvalue weighted by Gasteiger charge is 2.50. The van der Waals surface area contributed by atoms with Gasteiger partial charge < -0.3 is 4.74 Å². The van der Waals surface area contributed by atoms with E-state index in [0.717, 1.165) is 25.7 Å². The first-order valence-corrected chi connectivity index (χ1v) is 10.9. The summed E-state index contributed by atoms with van der Waals surface area (Å²) >= 11 is 0. The van der Waals surface area contributed by atoms with Crippen LogP contribution < -0.4 is 0 Å². The summed E-state index contributed by atoms with van der Waals surface area (Å²) in [6, 6.07) is 0. The number of carbonyl (C=O) groups excluding carboxylic acids is 2. The van der Waals surface area contributed by atoms with Crippen LogP contribution in [0.15, 0.2) is 0 Å². The molecular weight excluding hydrogens is 312 g/mol. The fraction of sp³-hybridized carbons (Fsp3) is 0.909. The molecule has 1 rings (SSSR count). The third kappa shape index (κ3) is 10.7. The Balaban J connectivity index is 1.82. The fourth-order valence-corrected chi connectivity index (χ4v) is 3.63. The highest BCUT2D eigenvalue weighted by atomic mass is 16.5. The zero-order chi connectivity index (χ0) is 18.2. The van der Waals surface area contributed by atoms with Crippen LogP contribution in [-0.4, -0.2) is 18.9 Å². The molecule has 146 valence electrons. The molecule has 0 amide bonds. The molecule has 0 atom stereocenters. The third-order valence-corrected chi connectivity index (χ3v) is 5.58. The first-order chi connectivity index (χ1) is 12.2. The lowest BCUT2D eigenvalue weighted by Gasteiger charge is -2.12. The Labute approximate surface area is 155 Å². The van der Waals surface area contributed by atoms with Crippen molar-refractivity contribution >= 4 is 12.3 Å². The minimum atomic E-state index is -0.222. The van der Waals surface area contributed by atoms with Crippen LogP contribution in [0.4, 0.5) is 0 Å². The van der Waals surface area contributed by atoms with E-state index in [4.69, 9.17) is 4.74 Å². The molecule has 25 heavy (non-hydrogen) atoms. The Morgan fingerprint density at radius 3 is 1.64 bits per heavy atom. The van der Waals surface area contributed by atoms with Crippen LogP contribution in [0, 0.1) is 5.41 Å². The average Bonchev–Trinajstić information content (AvgIpc) is 3.41. The number of aldehydes is 1. The molecule has 0 radical (unpaired) electrons. The summed E-state index contributed by atoms with van der Waals surface area (Å²) in [5.41, 5.74) is -0.222. The van der Waals surface area contributed by atoms with E-state index in [0.29, 0.717) is 6.29 Å². The molecule has 0 bridgehead atoms. The van der Waals surface area contributed by atoms with Crippen molar-refractivity contribution < 1.29 is 14.3 Å². The number of ether oxygens (including phenoxy) is 1. The molecule has 1 saturated carbocycles. The van der Waals surface area contributed by atoms with E-state index in [1.54, 1.807) is 0 Å². The maximum absolute atomic E-state index is 11.9. The van der Waals surface area contributed by atoms with Crippen LogP contribution in [0.25, 0.3) is 0 Å². The van der Waals surface area contributed by atoms with Gasteiger partial charge in [-0.2, -0.15) is 0 Å². The van der Waals surface area contributed by atoms with E-state index in [1.807, 2.05) is 0 Å². The molecule has 0 aromatic rings. The molecule has 0 unspecified atom stereocenters. The molecule has 1 aliphatic carbocycles. The van der Waals surface area contributed by atoms with Gasteiger partial charge in [-0.1, -0.05) is 96.8 Å². The van der Waals surface area contributed by atoms with E-state index >= 15 is 0 Å². The fourth-order valence-electron chi connectivity index (χ4n) is 3.63. The quantitative estimate of drug-likeness (QED) is 0.163. The van der Waals surface area contributed by atoms with Crippen LogP contribution in [0.3, 0.4) is 0 Å². The van der Waals surface area contributed by atoms with Crippen molar-refractivity contribution in [1.82, 2.24) is 0 Å². The van der Waals surface area contributed by atoms with Gasteiger partial charge in [-0.25, -0.2) is 0 Å². The monoisotopic (exact) mass is 352 g/mol. The lowest BCUT2D eigenvalue weighted by Crippen LogP contribution is -2.20. The summed E-state index contributed by atoms with van der Waals surface area (Å²) < 4.78 is 4.98. The van der Waals surface area contributed by atoms with E-state index in [1.165, 1.54) is 83.5 Å². The summed E-state index contributed by atoms with van der Waals surface area (Å²) in [7, 11) is 0. The predicted molar refractivity (Wildman–Crippen MR) is 104 cm³/mol. The normalized spacial score (nSPS) is 15.1. The van der Waals surface area contributed by atoms with Gasteiger partial charge in [0.1, 0.15) is 6.61 Å². The number of hydrogen-bond donors (Lipinski definition) is 0. The van der Waals surface area contributed by atoms with Gasteiger partial charge >= 0.3 is 5.97 Å². The molecule has 0 saturated heterocycles. The number of unbranched alkanes of at least 4 members (excludes halogenated alkanes) is 13. The topological polar surface area (TPSA) is 43.4 Å². The SMILES string of the molecule is CCCCCCCCCCCCCCCCC1(C(=O)OCC=O)CC1. The van der Waals surface area contributed by atoms with Crippen molar-refractivity contribution in [3.05, 3.63) is 0 Å². The highest BCUT2D eigenvalue weighted by Crippen LogP contribution is 2.51. The Hall–Kier alpha value is -0.860. The zero-order valence-corrected chi connectivity index (χ0v) is 16.5. The predicted octanol–water partition coefficient (Wildman–Crippen LogP) is 6.38. The summed E-state index contributed by atoms with van der Waals surface area (Å²) in [5.74, 6) is -0.144. The molecule has 0 aromatic heterocycles. The minimum absolute atomic E-state index is 0.0840. The molecular formula is C22H40O3. The van der Waals surface area contributed by atoms with Crippen LogP contribution >= 0.6 is 0 Å². The van der Waals surface area contributed by atoms with Gasteiger partial charge in [-0.15, -0.1) is 0 Å². The van der Waals surface area contributed by atoms with E-state index in [2.05, 4.69) is 6.92 Å². The number of carbonyl (C=O) groups is 2. The Morgan fingerprint density at radius 1 is 0.800 bits per heavy atom. The first-order valence-electron chi connectivity index (χ1n) is 10.9. The number of esters is 1. The lowest BCUT2D eigenvalue weighted by atomic mass is 9.97. The van der Waals surface area contributed by atoms with Gasteiger partial charge in [0.15, 0.2) is 6.29 Å². The van der Waals surface area contributed by atoms with E-state index in [-0.39, 0.29) is 18.0 Å². The number of rotatable bonds is 18. The first kappa shape index (κ1) is 22.2. The molecule has 0 aliphatic heterocycles. The van der Waals surface area contributed by atoms with Gasteiger partial charge in [0.2, 0.25) is 0 Å². The minimum Gasteiger partial charge on any atom is -0.458 e. The molecule has 1 fully saturated rings. The van der Waals surface area contributed by atoms with Crippen molar-refractivity contribution in [2.45, 2.75) is 116 Å². The van der Waals surface area contributed by atoms with Crippen molar-refractivity contribution in [2.24, 2.45) is 5.41 Å². The molecule has 0 heterocycles. The second-order valence-corrected chi connectivity index (χ2v) is 7.89. The third-order valence-electron chi connectivity index (χ3n) is 5.58. The van der Waals surface area contributed by atoms with Crippen molar-refractivity contribution in [3.63, 3.8) is 0 Å².